The van der Waals surface area contributed by atoms with Gasteiger partial charge in [-0.25, -0.2) is 0 Å². The van der Waals surface area contributed by atoms with Crippen LogP contribution in [-0.2, 0) is 0 Å². The zero-order valence-corrected chi connectivity index (χ0v) is 8.98. The molecule has 0 amide bonds. The van der Waals surface area contributed by atoms with Crippen molar-refractivity contribution < 1.29 is 0 Å². The third kappa shape index (κ3) is 2.10. The number of aromatic nitrogens is 3. The van der Waals surface area contributed by atoms with Crippen LogP contribution < -0.4 is 5.73 Å². The van der Waals surface area contributed by atoms with E-state index in [0.717, 1.165) is 4.90 Å². The van der Waals surface area contributed by atoms with Crippen molar-refractivity contribution in [2.75, 3.05) is 5.73 Å². The van der Waals surface area contributed by atoms with Gasteiger partial charge in [0.15, 0.2) is 0 Å². The fourth-order valence-corrected chi connectivity index (χ4v) is 1.89. The van der Waals surface area contributed by atoms with E-state index in [4.69, 9.17) is 11.0 Å². The maximum Gasteiger partial charge on any atom is 0.141 e. The van der Waals surface area contributed by atoms with Gasteiger partial charge < -0.3 is 5.73 Å². The highest BCUT2D eigenvalue weighted by Gasteiger charge is 2.07. The van der Waals surface area contributed by atoms with Gasteiger partial charge >= 0.3 is 0 Å². The van der Waals surface area contributed by atoms with Gasteiger partial charge in [0.1, 0.15) is 11.1 Å². The van der Waals surface area contributed by atoms with Gasteiger partial charge in [0.2, 0.25) is 0 Å². The molecular weight excluding hydrogens is 222 g/mol. The Morgan fingerprint density at radius 1 is 1.31 bits per heavy atom. The van der Waals surface area contributed by atoms with Crippen LogP contribution >= 0.6 is 11.8 Å². The van der Waals surface area contributed by atoms with Crippen molar-refractivity contribution >= 4 is 17.4 Å². The minimum absolute atomic E-state index is 0.483. The van der Waals surface area contributed by atoms with Crippen LogP contribution in [-0.4, -0.2) is 15.2 Å². The Morgan fingerprint density at radius 3 is 2.94 bits per heavy atom. The molecule has 0 spiro atoms. The monoisotopic (exact) mass is 229 g/mol. The highest BCUT2D eigenvalue weighted by atomic mass is 32.2. The molecule has 0 radical (unpaired) electrons. The van der Waals surface area contributed by atoms with Gasteiger partial charge in [-0.05, 0) is 12.1 Å². The molecule has 78 valence electrons. The Bertz CT molecular complexity index is 549. The lowest BCUT2D eigenvalue weighted by Gasteiger charge is -2.03. The van der Waals surface area contributed by atoms with E-state index in [1.807, 2.05) is 0 Å². The Balaban J connectivity index is 2.35. The molecule has 6 heteroatoms. The number of pyridine rings is 1. The van der Waals surface area contributed by atoms with Crippen molar-refractivity contribution in [1.29, 1.82) is 5.26 Å². The standard InChI is InChI=1S/C10H7N5S/c11-5-7-1-4-14-15-10(7)16-9-2-3-13-6-8(9)12/h1-4,6H,12H2. The number of nitrogen functional groups attached to an aromatic ring is 1. The normalized spacial score (nSPS) is 9.69. The SMILES string of the molecule is N#Cc1ccnnc1Sc1ccncc1N. The number of rotatable bonds is 2. The molecule has 0 atom stereocenters. The molecule has 0 saturated carbocycles. The Kier molecular flexibility index (Phi) is 2.98. The molecule has 0 unspecified atom stereocenters. The maximum atomic E-state index is 8.89. The minimum atomic E-state index is 0.483. The number of nitrogens with zero attached hydrogens (tertiary/aromatic N) is 4. The van der Waals surface area contributed by atoms with E-state index in [0.29, 0.717) is 16.3 Å². The summed E-state index contributed by atoms with van der Waals surface area (Å²) >= 11 is 1.30. The first-order chi connectivity index (χ1) is 7.81. The third-order valence-corrected chi connectivity index (χ3v) is 2.91. The lowest BCUT2D eigenvalue weighted by atomic mass is 10.3. The Morgan fingerprint density at radius 2 is 2.19 bits per heavy atom. The van der Waals surface area contributed by atoms with Gasteiger partial charge in [0, 0.05) is 11.1 Å². The van der Waals surface area contributed by atoms with Crippen LogP contribution in [0.25, 0.3) is 0 Å². The van der Waals surface area contributed by atoms with Crippen LogP contribution in [0.3, 0.4) is 0 Å². The molecule has 0 aliphatic carbocycles. The van der Waals surface area contributed by atoms with Crippen molar-refractivity contribution in [1.82, 2.24) is 15.2 Å². The second kappa shape index (κ2) is 4.59. The third-order valence-electron chi connectivity index (χ3n) is 1.82. The van der Waals surface area contributed by atoms with E-state index in [-0.39, 0.29) is 0 Å². The summed E-state index contributed by atoms with van der Waals surface area (Å²) in [7, 11) is 0. The van der Waals surface area contributed by atoms with Gasteiger partial charge in [0.05, 0.1) is 23.6 Å². The second-order valence-electron chi connectivity index (χ2n) is 2.88. The second-order valence-corrected chi connectivity index (χ2v) is 3.91. The largest absolute Gasteiger partial charge is 0.397 e. The van der Waals surface area contributed by atoms with Gasteiger partial charge in [-0.1, -0.05) is 11.8 Å². The molecule has 2 aromatic rings. The first-order valence-electron chi connectivity index (χ1n) is 4.40. The summed E-state index contributed by atoms with van der Waals surface area (Å²) < 4.78 is 0. The van der Waals surface area contributed by atoms with Crippen molar-refractivity contribution in [2.24, 2.45) is 0 Å². The molecule has 0 aliphatic heterocycles. The fourth-order valence-electron chi connectivity index (χ4n) is 1.07. The molecule has 2 heterocycles. The predicted octanol–water partition coefficient (Wildman–Crippen LogP) is 1.48. The van der Waals surface area contributed by atoms with Crippen LogP contribution in [0.15, 0.2) is 40.6 Å². The molecule has 0 fully saturated rings. The molecular formula is C10H7N5S. The highest BCUT2D eigenvalue weighted by Crippen LogP contribution is 2.31. The summed E-state index contributed by atoms with van der Waals surface area (Å²) in [5.41, 5.74) is 6.79. The summed E-state index contributed by atoms with van der Waals surface area (Å²) in [6, 6.07) is 5.45. The highest BCUT2D eigenvalue weighted by molar-refractivity contribution is 7.99. The van der Waals surface area contributed by atoms with E-state index >= 15 is 0 Å². The summed E-state index contributed by atoms with van der Waals surface area (Å²) in [6.45, 7) is 0. The Labute approximate surface area is 96.3 Å². The van der Waals surface area contributed by atoms with Gasteiger partial charge in [-0.15, -0.1) is 5.10 Å². The van der Waals surface area contributed by atoms with Gasteiger partial charge in [0.25, 0.3) is 0 Å². The number of hydrogen-bond donors (Lipinski definition) is 1. The zero-order valence-electron chi connectivity index (χ0n) is 8.16. The number of nitriles is 1. The fraction of sp³-hybridized carbons (Fsp3) is 0. The predicted molar refractivity (Wildman–Crippen MR) is 59.5 cm³/mol. The molecule has 2 N–H and O–H groups in total. The molecule has 2 rings (SSSR count). The molecule has 0 saturated heterocycles. The van der Waals surface area contributed by atoms with E-state index in [1.165, 1.54) is 18.0 Å². The summed E-state index contributed by atoms with van der Waals surface area (Å²) in [5, 5.41) is 17.1. The van der Waals surface area contributed by atoms with Crippen molar-refractivity contribution in [2.45, 2.75) is 9.92 Å². The van der Waals surface area contributed by atoms with Gasteiger partial charge in [-0.2, -0.15) is 10.4 Å². The van der Waals surface area contributed by atoms with Crippen LogP contribution in [0.1, 0.15) is 5.56 Å². The van der Waals surface area contributed by atoms with Crippen LogP contribution in [0.2, 0.25) is 0 Å². The number of anilines is 1. The summed E-state index contributed by atoms with van der Waals surface area (Å²) in [5.74, 6) is 0. The first kappa shape index (κ1) is 10.4. The molecule has 0 bridgehead atoms. The van der Waals surface area contributed by atoms with Crippen molar-refractivity contribution in [3.63, 3.8) is 0 Å². The zero-order chi connectivity index (χ0) is 11.4. The average molecular weight is 229 g/mol. The first-order valence-corrected chi connectivity index (χ1v) is 5.22. The molecule has 2 aromatic heterocycles. The van der Waals surface area contributed by atoms with E-state index in [1.54, 1.807) is 24.5 Å². The van der Waals surface area contributed by atoms with Crippen LogP contribution in [0.5, 0.6) is 0 Å². The minimum Gasteiger partial charge on any atom is -0.397 e. The molecule has 0 aromatic carbocycles. The molecule has 16 heavy (non-hydrogen) atoms. The van der Waals surface area contributed by atoms with Crippen LogP contribution in [0, 0.1) is 11.3 Å². The van der Waals surface area contributed by atoms with E-state index in [9.17, 15) is 0 Å². The quantitative estimate of drug-likeness (QED) is 0.839. The average Bonchev–Trinajstić information content (AvgIpc) is 2.33. The maximum absolute atomic E-state index is 8.89. The van der Waals surface area contributed by atoms with E-state index in [2.05, 4.69) is 21.3 Å². The lowest BCUT2D eigenvalue weighted by molar-refractivity contribution is 0.919. The van der Waals surface area contributed by atoms with Crippen molar-refractivity contribution in [3.05, 3.63) is 36.3 Å². The van der Waals surface area contributed by atoms with Crippen LogP contribution in [0.4, 0.5) is 5.69 Å². The molecule has 5 nitrogen and oxygen atoms in total. The smallest absolute Gasteiger partial charge is 0.141 e. The summed E-state index contributed by atoms with van der Waals surface area (Å²) in [4.78, 5) is 4.70. The number of nitrogens with two attached hydrogens (primary N) is 1. The number of hydrogen-bond acceptors (Lipinski definition) is 6. The van der Waals surface area contributed by atoms with E-state index < -0.39 is 0 Å². The molecule has 0 aliphatic rings. The Hall–Kier alpha value is -2.13. The summed E-state index contributed by atoms with van der Waals surface area (Å²) in [6.07, 6.45) is 4.68. The van der Waals surface area contributed by atoms with Gasteiger partial charge in [-0.3, -0.25) is 4.98 Å². The lowest BCUT2D eigenvalue weighted by Crippen LogP contribution is -1.92. The van der Waals surface area contributed by atoms with Crippen molar-refractivity contribution in [3.8, 4) is 6.07 Å². The topological polar surface area (TPSA) is 88.5 Å².